The first-order valence-electron chi connectivity index (χ1n) is 7.64. The van der Waals surface area contributed by atoms with Crippen LogP contribution >= 0.6 is 0 Å². The summed E-state index contributed by atoms with van der Waals surface area (Å²) in [7, 11) is 0. The Hall–Kier alpha value is 0. The summed E-state index contributed by atoms with van der Waals surface area (Å²) in [6.07, 6.45) is 1.32. The first kappa shape index (κ1) is 19.3. The van der Waals surface area contributed by atoms with E-state index in [2.05, 4.69) is 69.2 Å². The number of hydrogen-bond donors (Lipinski definition) is 0. The number of rotatable bonds is 5. The summed E-state index contributed by atoms with van der Waals surface area (Å²) >= 11 is 0. The van der Waals surface area contributed by atoms with Crippen molar-refractivity contribution >= 4 is 0 Å². The molecule has 0 aliphatic carbocycles. The third-order valence-electron chi connectivity index (χ3n) is 4.25. The van der Waals surface area contributed by atoms with Crippen LogP contribution in [0.5, 0.6) is 0 Å². The Kier molecular flexibility index (Phi) is 11.3. The Labute approximate surface area is 112 Å². The van der Waals surface area contributed by atoms with Crippen LogP contribution in [-0.2, 0) is 0 Å². The first-order chi connectivity index (χ1) is 7.64. The first-order valence-corrected chi connectivity index (χ1v) is 7.64. The Balaban J connectivity index is 0. The van der Waals surface area contributed by atoms with Gasteiger partial charge in [-0.15, -0.1) is 0 Å². The summed E-state index contributed by atoms with van der Waals surface area (Å²) in [6.45, 7) is 23.1. The van der Waals surface area contributed by atoms with E-state index in [4.69, 9.17) is 0 Å². The van der Waals surface area contributed by atoms with E-state index in [9.17, 15) is 0 Å². The molecule has 0 radical (unpaired) electrons. The second-order valence-corrected chi connectivity index (χ2v) is 6.94. The lowest BCUT2D eigenvalue weighted by atomic mass is 9.74. The molecule has 0 heteroatoms. The van der Waals surface area contributed by atoms with Crippen molar-refractivity contribution in [3.8, 4) is 0 Å². The molecule has 0 heterocycles. The molecule has 0 spiro atoms. The predicted molar refractivity (Wildman–Crippen MR) is 82.3 cm³/mol. The quantitative estimate of drug-likeness (QED) is 0.534. The van der Waals surface area contributed by atoms with Crippen LogP contribution < -0.4 is 0 Å². The van der Waals surface area contributed by atoms with Crippen molar-refractivity contribution in [2.75, 3.05) is 0 Å². The van der Waals surface area contributed by atoms with E-state index in [1.165, 1.54) is 6.42 Å². The molecule has 0 aromatic heterocycles. The molecule has 4 unspecified atom stereocenters. The van der Waals surface area contributed by atoms with E-state index in [1.807, 2.05) is 0 Å². The van der Waals surface area contributed by atoms with Crippen molar-refractivity contribution in [2.24, 2.45) is 35.5 Å². The molecule has 0 aliphatic heterocycles. The zero-order valence-corrected chi connectivity index (χ0v) is 14.2. The van der Waals surface area contributed by atoms with Crippen molar-refractivity contribution in [2.45, 2.75) is 75.7 Å². The standard InChI is InChI=1S/C13H28.C4H10/c1-8-10(4)12(6)13(7)11(5)9(2)3;1-4(2)3/h9-13H,8H2,1-7H3;4H,1-3H3. The second kappa shape index (κ2) is 9.97. The lowest BCUT2D eigenvalue weighted by Crippen LogP contribution is -2.24. The highest BCUT2D eigenvalue weighted by Crippen LogP contribution is 2.31. The molecule has 0 saturated heterocycles. The van der Waals surface area contributed by atoms with Crippen molar-refractivity contribution in [1.29, 1.82) is 0 Å². The summed E-state index contributed by atoms with van der Waals surface area (Å²) in [5, 5.41) is 0. The average molecular weight is 242 g/mol. The van der Waals surface area contributed by atoms with Crippen molar-refractivity contribution in [1.82, 2.24) is 0 Å². The molecule has 0 aromatic carbocycles. The van der Waals surface area contributed by atoms with E-state index < -0.39 is 0 Å². The van der Waals surface area contributed by atoms with E-state index in [0.717, 1.165) is 35.5 Å². The van der Waals surface area contributed by atoms with E-state index in [1.54, 1.807) is 0 Å². The predicted octanol–water partition coefficient (Wildman–Crippen LogP) is 6.26. The van der Waals surface area contributed by atoms with Gasteiger partial charge in [0.15, 0.2) is 0 Å². The molecule has 0 bridgehead atoms. The fraction of sp³-hybridized carbons (Fsp3) is 1.00. The van der Waals surface area contributed by atoms with Gasteiger partial charge in [-0.3, -0.25) is 0 Å². The summed E-state index contributed by atoms with van der Waals surface area (Å²) in [6, 6.07) is 0. The van der Waals surface area contributed by atoms with E-state index in [-0.39, 0.29) is 0 Å². The van der Waals surface area contributed by atoms with Crippen LogP contribution in [0.2, 0.25) is 0 Å². The van der Waals surface area contributed by atoms with Crippen molar-refractivity contribution < 1.29 is 0 Å². The van der Waals surface area contributed by atoms with Gasteiger partial charge in [-0.25, -0.2) is 0 Å². The lowest BCUT2D eigenvalue weighted by Gasteiger charge is -2.32. The van der Waals surface area contributed by atoms with Gasteiger partial charge in [-0.1, -0.05) is 75.7 Å². The molecule has 0 N–H and O–H groups in total. The third-order valence-corrected chi connectivity index (χ3v) is 4.25. The summed E-state index contributed by atoms with van der Waals surface area (Å²) < 4.78 is 0. The fourth-order valence-electron chi connectivity index (χ4n) is 1.98. The monoisotopic (exact) mass is 242 g/mol. The third kappa shape index (κ3) is 9.68. The average Bonchev–Trinajstić information content (AvgIpc) is 2.23. The normalized spacial score (nSPS) is 18.4. The van der Waals surface area contributed by atoms with Crippen LogP contribution in [0.1, 0.15) is 75.7 Å². The minimum absolute atomic E-state index is 0.821. The molecule has 0 rings (SSSR count). The maximum atomic E-state index is 2.42. The Morgan fingerprint density at radius 2 is 0.941 bits per heavy atom. The van der Waals surface area contributed by atoms with Crippen LogP contribution in [0.4, 0.5) is 0 Å². The topological polar surface area (TPSA) is 0 Å². The molecule has 17 heavy (non-hydrogen) atoms. The van der Waals surface area contributed by atoms with Gasteiger partial charge in [-0.2, -0.15) is 0 Å². The molecule has 0 amide bonds. The highest BCUT2D eigenvalue weighted by atomic mass is 14.3. The maximum Gasteiger partial charge on any atom is -0.0386 e. The number of hydrogen-bond acceptors (Lipinski definition) is 0. The Morgan fingerprint density at radius 3 is 1.18 bits per heavy atom. The van der Waals surface area contributed by atoms with Gasteiger partial charge < -0.3 is 0 Å². The Bertz CT molecular complexity index is 155. The minimum atomic E-state index is 0.821. The second-order valence-electron chi connectivity index (χ2n) is 6.94. The fourth-order valence-corrected chi connectivity index (χ4v) is 1.98. The van der Waals surface area contributed by atoms with Gasteiger partial charge in [0.2, 0.25) is 0 Å². The van der Waals surface area contributed by atoms with Crippen LogP contribution in [0.15, 0.2) is 0 Å². The Morgan fingerprint density at radius 1 is 0.588 bits per heavy atom. The van der Waals surface area contributed by atoms with Crippen LogP contribution in [0.25, 0.3) is 0 Å². The highest BCUT2D eigenvalue weighted by molar-refractivity contribution is 4.73. The molecule has 106 valence electrons. The van der Waals surface area contributed by atoms with Crippen molar-refractivity contribution in [3.05, 3.63) is 0 Å². The lowest BCUT2D eigenvalue weighted by molar-refractivity contribution is 0.173. The van der Waals surface area contributed by atoms with Crippen LogP contribution in [-0.4, -0.2) is 0 Å². The van der Waals surface area contributed by atoms with Gasteiger partial charge >= 0.3 is 0 Å². The molecule has 0 fully saturated rings. The van der Waals surface area contributed by atoms with Crippen LogP contribution in [0, 0.1) is 35.5 Å². The molecule has 0 aliphatic rings. The van der Waals surface area contributed by atoms with Crippen molar-refractivity contribution in [3.63, 3.8) is 0 Å². The van der Waals surface area contributed by atoms with Gasteiger partial charge in [-0.05, 0) is 35.5 Å². The molecule has 4 atom stereocenters. The smallest absolute Gasteiger partial charge is 0.0386 e. The summed E-state index contributed by atoms with van der Waals surface area (Å²) in [5.74, 6) is 5.10. The van der Waals surface area contributed by atoms with E-state index in [0.29, 0.717) is 0 Å². The van der Waals surface area contributed by atoms with Gasteiger partial charge in [0.25, 0.3) is 0 Å². The van der Waals surface area contributed by atoms with Gasteiger partial charge in [0, 0.05) is 0 Å². The van der Waals surface area contributed by atoms with Crippen LogP contribution in [0.3, 0.4) is 0 Å². The molecular formula is C17H38. The zero-order valence-electron chi connectivity index (χ0n) is 14.2. The largest absolute Gasteiger partial charge is 0.0651 e. The minimum Gasteiger partial charge on any atom is -0.0651 e. The molecular weight excluding hydrogens is 204 g/mol. The van der Waals surface area contributed by atoms with E-state index >= 15 is 0 Å². The maximum absolute atomic E-state index is 2.42. The highest BCUT2D eigenvalue weighted by Gasteiger charge is 2.24. The summed E-state index contributed by atoms with van der Waals surface area (Å²) in [4.78, 5) is 0. The van der Waals surface area contributed by atoms with Gasteiger partial charge in [0.1, 0.15) is 0 Å². The summed E-state index contributed by atoms with van der Waals surface area (Å²) in [5.41, 5.74) is 0. The SMILES string of the molecule is CC(C)C.CCC(C)C(C)C(C)C(C)C(C)C. The molecule has 0 aromatic rings. The molecule has 0 saturated carbocycles. The van der Waals surface area contributed by atoms with Gasteiger partial charge in [0.05, 0.1) is 0 Å². The zero-order chi connectivity index (χ0) is 14.2. The molecule has 0 nitrogen and oxygen atoms in total.